The van der Waals surface area contributed by atoms with E-state index in [1.54, 1.807) is 24.3 Å². The van der Waals surface area contributed by atoms with Gasteiger partial charge in [0.2, 0.25) is 5.43 Å². The number of carbonyl (C=O) groups is 1. The van der Waals surface area contributed by atoms with Crippen LogP contribution in [0.1, 0.15) is 11.3 Å². The van der Waals surface area contributed by atoms with E-state index in [0.29, 0.717) is 37.6 Å². The number of carboxylic acid groups (broad SMARTS) is 1. The summed E-state index contributed by atoms with van der Waals surface area (Å²) in [6, 6.07) is 11.6. The van der Waals surface area contributed by atoms with E-state index in [-0.39, 0.29) is 23.2 Å². The smallest absolute Gasteiger partial charge is 0.411 e. The maximum atomic E-state index is 13.6. The summed E-state index contributed by atoms with van der Waals surface area (Å²) in [4.78, 5) is 27.7. The highest BCUT2D eigenvalue weighted by Crippen LogP contribution is 2.19. The molecule has 0 unspecified atom stereocenters. The number of hydrogen-bond donors (Lipinski definition) is 1. The van der Waals surface area contributed by atoms with Gasteiger partial charge in [0.25, 0.3) is 0 Å². The Morgan fingerprint density at radius 2 is 1.88 bits per heavy atom. The molecule has 2 heterocycles. The van der Waals surface area contributed by atoms with Crippen molar-refractivity contribution in [3.63, 3.8) is 0 Å². The molecule has 0 radical (unpaired) electrons. The average Bonchev–Trinajstić information content (AvgIpc) is 2.83. The van der Waals surface area contributed by atoms with Gasteiger partial charge in [0, 0.05) is 56.6 Å². The number of halogens is 2. The van der Waals surface area contributed by atoms with Gasteiger partial charge in [-0.05, 0) is 29.8 Å². The van der Waals surface area contributed by atoms with Crippen LogP contribution in [0.4, 0.5) is 19.3 Å². The maximum Gasteiger partial charge on any atom is 0.411 e. The number of morpholine rings is 1. The minimum absolute atomic E-state index is 0.147. The molecule has 3 aromatic rings. The van der Waals surface area contributed by atoms with Crippen LogP contribution in [0.2, 0.25) is 0 Å². The molecule has 1 fully saturated rings. The number of nitrogens with zero attached hydrogens (tertiary/aromatic N) is 4. The van der Waals surface area contributed by atoms with E-state index in [1.807, 2.05) is 0 Å². The van der Waals surface area contributed by atoms with Gasteiger partial charge >= 0.3 is 6.09 Å². The minimum Gasteiger partial charge on any atom is -0.465 e. The van der Waals surface area contributed by atoms with Crippen molar-refractivity contribution in [1.29, 1.82) is 0 Å². The first-order chi connectivity index (χ1) is 16.4. The lowest BCUT2D eigenvalue weighted by molar-refractivity contribution is 0.0392. The molecule has 1 aromatic heterocycles. The number of benzene rings is 2. The molecule has 178 valence electrons. The Bertz CT molecular complexity index is 1230. The summed E-state index contributed by atoms with van der Waals surface area (Å²) in [5.41, 5.74) is 1.35. The lowest BCUT2D eigenvalue weighted by Gasteiger charge is -2.29. The molecule has 2 aromatic carbocycles. The second kappa shape index (κ2) is 10.5. The second-order valence-corrected chi connectivity index (χ2v) is 7.90. The van der Waals surface area contributed by atoms with E-state index in [9.17, 15) is 23.5 Å². The fourth-order valence-corrected chi connectivity index (χ4v) is 3.77. The van der Waals surface area contributed by atoms with Gasteiger partial charge in [-0.1, -0.05) is 12.1 Å². The largest absolute Gasteiger partial charge is 0.465 e. The summed E-state index contributed by atoms with van der Waals surface area (Å²) >= 11 is 0. The SMILES string of the molecule is O=C(O)N(CCN1CCOCC1)c1cccc(Cc2nn(-c3ccc(F)c(F)c3)ccc2=O)c1. The van der Waals surface area contributed by atoms with Gasteiger partial charge in [-0.25, -0.2) is 18.3 Å². The molecule has 0 spiro atoms. The summed E-state index contributed by atoms with van der Waals surface area (Å²) in [5, 5.41) is 14.0. The van der Waals surface area contributed by atoms with Crippen LogP contribution >= 0.6 is 0 Å². The van der Waals surface area contributed by atoms with Crippen molar-refractivity contribution < 1.29 is 23.4 Å². The van der Waals surface area contributed by atoms with Crippen molar-refractivity contribution in [3.8, 4) is 5.69 Å². The lowest BCUT2D eigenvalue weighted by atomic mass is 10.1. The van der Waals surface area contributed by atoms with E-state index in [1.165, 1.54) is 27.9 Å². The highest BCUT2D eigenvalue weighted by atomic mass is 19.2. The van der Waals surface area contributed by atoms with Gasteiger partial charge in [-0.2, -0.15) is 5.10 Å². The molecule has 1 aliphatic rings. The summed E-state index contributed by atoms with van der Waals surface area (Å²) in [5.74, 6) is -1.99. The van der Waals surface area contributed by atoms with E-state index in [4.69, 9.17) is 4.74 Å². The molecular formula is C24H24F2N4O4. The molecule has 34 heavy (non-hydrogen) atoms. The third-order valence-corrected chi connectivity index (χ3v) is 5.62. The number of aromatic nitrogens is 2. The molecule has 0 saturated carbocycles. The van der Waals surface area contributed by atoms with Crippen LogP contribution in [-0.2, 0) is 11.2 Å². The predicted molar refractivity (Wildman–Crippen MR) is 122 cm³/mol. The normalized spacial score (nSPS) is 14.2. The molecule has 0 bridgehead atoms. The Balaban J connectivity index is 1.53. The molecule has 1 aliphatic heterocycles. The molecule has 10 heteroatoms. The number of anilines is 1. The fourth-order valence-electron chi connectivity index (χ4n) is 3.77. The van der Waals surface area contributed by atoms with Crippen LogP contribution in [0, 0.1) is 11.6 Å². The van der Waals surface area contributed by atoms with Gasteiger partial charge in [-0.15, -0.1) is 0 Å². The highest BCUT2D eigenvalue weighted by Gasteiger charge is 2.18. The number of hydrogen-bond acceptors (Lipinski definition) is 5. The van der Waals surface area contributed by atoms with E-state index in [2.05, 4.69) is 10.00 Å². The molecule has 1 N–H and O–H groups in total. The Kier molecular flexibility index (Phi) is 7.29. The predicted octanol–water partition coefficient (Wildman–Crippen LogP) is 2.92. The third kappa shape index (κ3) is 5.64. The van der Waals surface area contributed by atoms with Crippen LogP contribution < -0.4 is 10.3 Å². The summed E-state index contributed by atoms with van der Waals surface area (Å²) < 4.78 is 33.5. The van der Waals surface area contributed by atoms with Crippen molar-refractivity contribution >= 4 is 11.8 Å². The Labute approximate surface area is 194 Å². The maximum absolute atomic E-state index is 13.6. The fraction of sp³-hybridized carbons (Fsp3) is 0.292. The topological polar surface area (TPSA) is 87.9 Å². The summed E-state index contributed by atoms with van der Waals surface area (Å²) in [6.07, 6.45) is 0.463. The molecule has 4 rings (SSSR count). The quantitative estimate of drug-likeness (QED) is 0.571. The molecule has 0 atom stereocenters. The lowest BCUT2D eigenvalue weighted by Crippen LogP contribution is -2.42. The number of ether oxygens (including phenoxy) is 1. The molecule has 8 nitrogen and oxygen atoms in total. The zero-order chi connectivity index (χ0) is 24.1. The highest BCUT2D eigenvalue weighted by molar-refractivity contribution is 5.86. The number of rotatable bonds is 7. The Morgan fingerprint density at radius 3 is 2.62 bits per heavy atom. The minimum atomic E-state index is -1.07. The van der Waals surface area contributed by atoms with Crippen LogP contribution in [0.3, 0.4) is 0 Å². The second-order valence-electron chi connectivity index (χ2n) is 7.90. The van der Waals surface area contributed by atoms with Crippen molar-refractivity contribution in [1.82, 2.24) is 14.7 Å². The van der Waals surface area contributed by atoms with Crippen LogP contribution in [0.5, 0.6) is 0 Å². The Morgan fingerprint density at radius 1 is 1.09 bits per heavy atom. The van der Waals surface area contributed by atoms with Crippen molar-refractivity contribution in [2.75, 3.05) is 44.3 Å². The summed E-state index contributed by atoms with van der Waals surface area (Å²) in [6.45, 7) is 3.67. The van der Waals surface area contributed by atoms with E-state index in [0.717, 1.165) is 25.2 Å². The third-order valence-electron chi connectivity index (χ3n) is 5.62. The molecule has 1 amide bonds. The van der Waals surface area contributed by atoms with Crippen molar-refractivity contribution in [3.05, 3.63) is 87.8 Å². The van der Waals surface area contributed by atoms with E-state index >= 15 is 0 Å². The monoisotopic (exact) mass is 470 g/mol. The Hall–Kier alpha value is -3.63. The van der Waals surface area contributed by atoms with Crippen molar-refractivity contribution in [2.45, 2.75) is 6.42 Å². The first kappa shape index (κ1) is 23.5. The number of amides is 1. The summed E-state index contributed by atoms with van der Waals surface area (Å²) in [7, 11) is 0. The van der Waals surface area contributed by atoms with Crippen LogP contribution in [0.25, 0.3) is 5.69 Å². The first-order valence-corrected chi connectivity index (χ1v) is 10.8. The van der Waals surface area contributed by atoms with Gasteiger partial charge in [-0.3, -0.25) is 14.6 Å². The first-order valence-electron chi connectivity index (χ1n) is 10.8. The van der Waals surface area contributed by atoms with Gasteiger partial charge in [0.1, 0.15) is 5.69 Å². The zero-order valence-electron chi connectivity index (χ0n) is 18.4. The van der Waals surface area contributed by atoms with Gasteiger partial charge in [0.15, 0.2) is 11.6 Å². The zero-order valence-corrected chi connectivity index (χ0v) is 18.4. The molecule has 1 saturated heterocycles. The van der Waals surface area contributed by atoms with Crippen LogP contribution in [-0.4, -0.2) is 65.3 Å². The van der Waals surface area contributed by atoms with Crippen molar-refractivity contribution in [2.24, 2.45) is 0 Å². The standard InChI is InChI=1S/C24H24F2N4O4/c25-20-5-4-19(16-21(20)26)30-7-6-23(31)22(27-30)15-17-2-1-3-18(14-17)29(24(32)33)9-8-28-10-12-34-13-11-28/h1-7,14,16H,8-13,15H2,(H,32,33). The molecular weight excluding hydrogens is 446 g/mol. The molecule has 0 aliphatic carbocycles. The van der Waals surface area contributed by atoms with Gasteiger partial charge < -0.3 is 9.84 Å². The van der Waals surface area contributed by atoms with E-state index < -0.39 is 17.7 Å². The van der Waals surface area contributed by atoms with Crippen LogP contribution in [0.15, 0.2) is 59.5 Å². The van der Waals surface area contributed by atoms with Gasteiger partial charge in [0.05, 0.1) is 18.9 Å². The average molecular weight is 470 g/mol.